The summed E-state index contributed by atoms with van der Waals surface area (Å²) in [4.78, 5) is 12.8. The SMILES string of the molecule is Cc1n[nH]c(C)c1NC(=O)CSc1ccccc1Cl. The van der Waals surface area contributed by atoms with Crippen LogP contribution in [0.1, 0.15) is 11.4 Å². The zero-order valence-electron chi connectivity index (χ0n) is 10.7. The Hall–Kier alpha value is -1.46. The van der Waals surface area contributed by atoms with E-state index in [4.69, 9.17) is 11.6 Å². The number of benzene rings is 1. The van der Waals surface area contributed by atoms with Crippen LogP contribution in [0, 0.1) is 13.8 Å². The van der Waals surface area contributed by atoms with Gasteiger partial charge in [0.05, 0.1) is 27.9 Å². The number of halogens is 1. The molecule has 0 aliphatic rings. The molecular weight excluding hydrogens is 282 g/mol. The maximum absolute atomic E-state index is 11.9. The average Bonchev–Trinajstić information content (AvgIpc) is 2.70. The summed E-state index contributed by atoms with van der Waals surface area (Å²) in [5.74, 6) is 0.242. The molecule has 0 atom stereocenters. The predicted molar refractivity (Wildman–Crippen MR) is 78.9 cm³/mol. The Morgan fingerprint density at radius 3 is 2.79 bits per heavy atom. The first kappa shape index (κ1) is 14.0. The van der Waals surface area contributed by atoms with E-state index in [1.54, 1.807) is 0 Å². The van der Waals surface area contributed by atoms with Crippen molar-refractivity contribution in [3.8, 4) is 0 Å². The second kappa shape index (κ2) is 6.12. The summed E-state index contributed by atoms with van der Waals surface area (Å²) in [6.07, 6.45) is 0. The number of hydrogen-bond donors (Lipinski definition) is 2. The monoisotopic (exact) mass is 295 g/mol. The van der Waals surface area contributed by atoms with E-state index in [1.807, 2.05) is 38.1 Å². The van der Waals surface area contributed by atoms with Gasteiger partial charge >= 0.3 is 0 Å². The molecule has 19 heavy (non-hydrogen) atoms. The summed E-state index contributed by atoms with van der Waals surface area (Å²) in [5, 5.41) is 10.4. The lowest BCUT2D eigenvalue weighted by Gasteiger charge is -2.06. The number of nitrogens with one attached hydrogen (secondary N) is 2. The van der Waals surface area contributed by atoms with Gasteiger partial charge in [0.25, 0.3) is 0 Å². The van der Waals surface area contributed by atoms with Gasteiger partial charge < -0.3 is 5.32 Å². The van der Waals surface area contributed by atoms with Crippen molar-refractivity contribution in [2.45, 2.75) is 18.7 Å². The molecule has 0 spiro atoms. The van der Waals surface area contributed by atoms with E-state index < -0.39 is 0 Å². The van der Waals surface area contributed by atoms with Gasteiger partial charge in [0, 0.05) is 4.90 Å². The lowest BCUT2D eigenvalue weighted by atomic mass is 10.3. The highest BCUT2D eigenvalue weighted by molar-refractivity contribution is 8.00. The van der Waals surface area contributed by atoms with Gasteiger partial charge in [0.15, 0.2) is 0 Å². The fourth-order valence-electron chi connectivity index (χ4n) is 1.62. The zero-order chi connectivity index (χ0) is 13.8. The van der Waals surface area contributed by atoms with Crippen LogP contribution in [0.25, 0.3) is 0 Å². The van der Waals surface area contributed by atoms with Crippen molar-refractivity contribution in [3.63, 3.8) is 0 Å². The number of carbonyl (C=O) groups is 1. The van der Waals surface area contributed by atoms with Crippen LogP contribution in [0.15, 0.2) is 29.2 Å². The molecule has 2 N–H and O–H groups in total. The highest BCUT2D eigenvalue weighted by atomic mass is 35.5. The van der Waals surface area contributed by atoms with E-state index in [-0.39, 0.29) is 5.91 Å². The fraction of sp³-hybridized carbons (Fsp3) is 0.231. The van der Waals surface area contributed by atoms with Crippen molar-refractivity contribution < 1.29 is 4.79 Å². The molecule has 0 aliphatic carbocycles. The summed E-state index contributed by atoms with van der Waals surface area (Å²) in [6.45, 7) is 3.72. The normalized spacial score (nSPS) is 10.5. The topological polar surface area (TPSA) is 57.8 Å². The van der Waals surface area contributed by atoms with Gasteiger partial charge in [-0.15, -0.1) is 11.8 Å². The molecule has 0 saturated carbocycles. The number of aromatic amines is 1. The number of aryl methyl sites for hydroxylation is 2. The van der Waals surface area contributed by atoms with E-state index >= 15 is 0 Å². The molecule has 0 unspecified atom stereocenters. The molecule has 0 bridgehead atoms. The number of carbonyl (C=O) groups excluding carboxylic acids is 1. The van der Waals surface area contributed by atoms with Gasteiger partial charge in [-0.1, -0.05) is 23.7 Å². The first-order valence-corrected chi connectivity index (χ1v) is 7.13. The Balaban J connectivity index is 1.94. The molecule has 4 nitrogen and oxygen atoms in total. The molecule has 1 amide bonds. The number of H-pyrrole nitrogens is 1. The van der Waals surface area contributed by atoms with Gasteiger partial charge in [-0.05, 0) is 26.0 Å². The molecule has 1 aromatic carbocycles. The lowest BCUT2D eigenvalue weighted by Crippen LogP contribution is -2.15. The molecule has 1 heterocycles. The van der Waals surface area contributed by atoms with Crippen molar-refractivity contribution in [2.75, 3.05) is 11.1 Å². The standard InChI is InChI=1S/C13H14ClN3OS/c1-8-13(9(2)17-16-8)15-12(18)7-19-11-6-4-3-5-10(11)14/h3-6H,7H2,1-2H3,(H,15,18)(H,16,17). The summed E-state index contributed by atoms with van der Waals surface area (Å²) in [5.41, 5.74) is 2.40. The third-order valence-corrected chi connectivity index (χ3v) is 4.10. The number of thioether (sulfide) groups is 1. The van der Waals surface area contributed by atoms with Crippen LogP contribution >= 0.6 is 23.4 Å². The Labute approximate surface area is 120 Å². The summed E-state index contributed by atoms with van der Waals surface area (Å²) < 4.78 is 0. The van der Waals surface area contributed by atoms with Crippen LogP contribution in [0.5, 0.6) is 0 Å². The van der Waals surface area contributed by atoms with E-state index in [0.717, 1.165) is 22.0 Å². The van der Waals surface area contributed by atoms with Crippen LogP contribution < -0.4 is 5.32 Å². The number of amides is 1. The molecule has 2 rings (SSSR count). The summed E-state index contributed by atoms with van der Waals surface area (Å²) in [6, 6.07) is 7.47. The van der Waals surface area contributed by atoms with E-state index in [0.29, 0.717) is 10.8 Å². The molecule has 2 aromatic rings. The molecular formula is C13H14ClN3OS. The highest BCUT2D eigenvalue weighted by Gasteiger charge is 2.11. The maximum Gasteiger partial charge on any atom is 0.234 e. The summed E-state index contributed by atoms with van der Waals surface area (Å²) in [7, 11) is 0. The van der Waals surface area contributed by atoms with Gasteiger partial charge in [0.2, 0.25) is 5.91 Å². The largest absolute Gasteiger partial charge is 0.322 e. The third kappa shape index (κ3) is 3.52. The number of aromatic nitrogens is 2. The first-order chi connectivity index (χ1) is 9.08. The van der Waals surface area contributed by atoms with Crippen molar-refractivity contribution >= 4 is 35.0 Å². The Bertz CT molecular complexity index is 578. The van der Waals surface area contributed by atoms with Crippen molar-refractivity contribution in [3.05, 3.63) is 40.7 Å². The lowest BCUT2D eigenvalue weighted by molar-refractivity contribution is -0.113. The van der Waals surface area contributed by atoms with Crippen LogP contribution in [0.2, 0.25) is 5.02 Å². The van der Waals surface area contributed by atoms with Crippen molar-refractivity contribution in [1.82, 2.24) is 10.2 Å². The predicted octanol–water partition coefficient (Wildman–Crippen LogP) is 3.41. The first-order valence-electron chi connectivity index (χ1n) is 5.76. The zero-order valence-corrected chi connectivity index (χ0v) is 12.2. The number of anilines is 1. The Morgan fingerprint density at radius 2 is 2.16 bits per heavy atom. The minimum atomic E-state index is -0.0717. The van der Waals surface area contributed by atoms with Crippen molar-refractivity contribution in [1.29, 1.82) is 0 Å². The van der Waals surface area contributed by atoms with Crippen molar-refractivity contribution in [2.24, 2.45) is 0 Å². The molecule has 0 radical (unpaired) electrons. The molecule has 6 heteroatoms. The maximum atomic E-state index is 11.9. The number of hydrogen-bond acceptors (Lipinski definition) is 3. The van der Waals surface area contributed by atoms with E-state index in [1.165, 1.54) is 11.8 Å². The van der Waals surface area contributed by atoms with E-state index in [9.17, 15) is 4.79 Å². The minimum Gasteiger partial charge on any atom is -0.322 e. The number of rotatable bonds is 4. The van der Waals surface area contributed by atoms with Gasteiger partial charge in [0.1, 0.15) is 0 Å². The second-order valence-corrected chi connectivity index (χ2v) is 5.50. The molecule has 0 saturated heterocycles. The Morgan fingerprint density at radius 1 is 1.42 bits per heavy atom. The smallest absolute Gasteiger partial charge is 0.234 e. The van der Waals surface area contributed by atoms with Crippen LogP contribution in [-0.4, -0.2) is 21.9 Å². The van der Waals surface area contributed by atoms with Crippen LogP contribution in [0.3, 0.4) is 0 Å². The third-order valence-electron chi connectivity index (χ3n) is 2.59. The molecule has 100 valence electrons. The fourth-order valence-corrected chi connectivity index (χ4v) is 2.65. The van der Waals surface area contributed by atoms with Gasteiger partial charge in [-0.3, -0.25) is 9.89 Å². The second-order valence-electron chi connectivity index (χ2n) is 4.08. The van der Waals surface area contributed by atoms with Crippen LogP contribution in [-0.2, 0) is 4.79 Å². The minimum absolute atomic E-state index is 0.0717. The van der Waals surface area contributed by atoms with E-state index in [2.05, 4.69) is 15.5 Å². The molecule has 1 aromatic heterocycles. The number of nitrogens with zero attached hydrogens (tertiary/aromatic N) is 1. The molecule has 0 fully saturated rings. The van der Waals surface area contributed by atoms with Crippen LogP contribution in [0.4, 0.5) is 5.69 Å². The average molecular weight is 296 g/mol. The molecule has 0 aliphatic heterocycles. The Kier molecular flexibility index (Phi) is 4.50. The summed E-state index contributed by atoms with van der Waals surface area (Å²) >= 11 is 7.45. The highest BCUT2D eigenvalue weighted by Crippen LogP contribution is 2.26. The quantitative estimate of drug-likeness (QED) is 0.850. The van der Waals surface area contributed by atoms with Gasteiger partial charge in [-0.2, -0.15) is 5.10 Å². The van der Waals surface area contributed by atoms with Gasteiger partial charge in [-0.25, -0.2) is 0 Å².